The van der Waals surface area contributed by atoms with Gasteiger partial charge in [0.2, 0.25) is 0 Å². The smallest absolute Gasteiger partial charge is 0.0303 e. The van der Waals surface area contributed by atoms with Crippen molar-refractivity contribution in [1.82, 2.24) is 5.32 Å². The first-order chi connectivity index (χ1) is 8.28. The third-order valence-corrected chi connectivity index (χ3v) is 4.01. The van der Waals surface area contributed by atoms with Gasteiger partial charge >= 0.3 is 0 Å². The van der Waals surface area contributed by atoms with Crippen molar-refractivity contribution < 1.29 is 0 Å². The molecule has 0 aliphatic rings. The van der Waals surface area contributed by atoms with Gasteiger partial charge in [-0.05, 0) is 31.0 Å². The lowest BCUT2D eigenvalue weighted by Crippen LogP contribution is -2.11. The number of nitrogens with one attached hydrogen (secondary N) is 1. The first kappa shape index (κ1) is 12.3. The Bertz CT molecular complexity index is 473. The van der Waals surface area contributed by atoms with Crippen LogP contribution in [0.15, 0.2) is 36.4 Å². The van der Waals surface area contributed by atoms with Crippen LogP contribution in [0.5, 0.6) is 0 Å². The number of hydrogen-bond donors (Lipinski definition) is 1. The van der Waals surface area contributed by atoms with E-state index in [4.69, 9.17) is 0 Å². The van der Waals surface area contributed by atoms with Crippen molar-refractivity contribution in [3.63, 3.8) is 0 Å². The molecule has 0 spiro atoms. The van der Waals surface area contributed by atoms with Crippen LogP contribution in [0, 0.1) is 6.92 Å². The average molecular weight is 245 g/mol. The summed E-state index contributed by atoms with van der Waals surface area (Å²) in [6, 6.07) is 13.1. The molecule has 0 saturated carbocycles. The van der Waals surface area contributed by atoms with Crippen molar-refractivity contribution in [1.29, 1.82) is 0 Å². The zero-order chi connectivity index (χ0) is 12.1. The molecule has 2 aromatic rings. The Morgan fingerprint density at radius 1 is 1.06 bits per heavy atom. The summed E-state index contributed by atoms with van der Waals surface area (Å²) in [5, 5.41) is 3.49. The fourth-order valence-electron chi connectivity index (χ4n) is 1.86. The lowest BCUT2D eigenvalue weighted by molar-refractivity contribution is 0.700. The number of hydrogen-bond acceptors (Lipinski definition) is 2. The minimum atomic E-state index is 0.945. The highest BCUT2D eigenvalue weighted by molar-refractivity contribution is 7.11. The van der Waals surface area contributed by atoms with Crippen LogP contribution in [-0.2, 0) is 19.5 Å². The normalized spacial score (nSPS) is 10.7. The van der Waals surface area contributed by atoms with Crippen molar-refractivity contribution in [2.75, 3.05) is 0 Å². The fraction of sp³-hybridized carbons (Fsp3) is 0.333. The summed E-state index contributed by atoms with van der Waals surface area (Å²) in [5.41, 5.74) is 2.69. The summed E-state index contributed by atoms with van der Waals surface area (Å²) >= 11 is 1.91. The SMILES string of the molecule is CCc1ccc(CNCc2cccc(C)c2)s1. The lowest BCUT2D eigenvalue weighted by Gasteiger charge is -2.04. The van der Waals surface area contributed by atoms with Crippen molar-refractivity contribution in [3.8, 4) is 0 Å². The average Bonchev–Trinajstić information content (AvgIpc) is 2.77. The topological polar surface area (TPSA) is 12.0 Å². The van der Waals surface area contributed by atoms with Gasteiger partial charge in [-0.1, -0.05) is 36.8 Å². The highest BCUT2D eigenvalue weighted by Crippen LogP contribution is 2.16. The number of thiophene rings is 1. The van der Waals surface area contributed by atoms with Crippen LogP contribution in [-0.4, -0.2) is 0 Å². The summed E-state index contributed by atoms with van der Waals surface area (Å²) < 4.78 is 0. The predicted molar refractivity (Wildman–Crippen MR) is 75.4 cm³/mol. The lowest BCUT2D eigenvalue weighted by atomic mass is 10.1. The second kappa shape index (κ2) is 5.99. The molecule has 1 nitrogen and oxygen atoms in total. The zero-order valence-corrected chi connectivity index (χ0v) is 11.3. The molecular weight excluding hydrogens is 226 g/mol. The third-order valence-electron chi connectivity index (χ3n) is 2.78. The van der Waals surface area contributed by atoms with Crippen LogP contribution >= 0.6 is 11.3 Å². The summed E-state index contributed by atoms with van der Waals surface area (Å²) in [6.07, 6.45) is 1.14. The Morgan fingerprint density at radius 2 is 1.88 bits per heavy atom. The van der Waals surface area contributed by atoms with E-state index in [1.54, 1.807) is 0 Å². The second-order valence-electron chi connectivity index (χ2n) is 4.31. The third kappa shape index (κ3) is 3.69. The molecule has 1 aromatic heterocycles. The molecule has 0 atom stereocenters. The molecule has 2 rings (SSSR count). The van der Waals surface area contributed by atoms with Crippen molar-refractivity contribution in [2.45, 2.75) is 33.4 Å². The molecule has 1 aromatic carbocycles. The Hall–Kier alpha value is -1.12. The molecule has 90 valence electrons. The highest BCUT2D eigenvalue weighted by Gasteiger charge is 1.98. The molecule has 0 unspecified atom stereocenters. The maximum Gasteiger partial charge on any atom is 0.0303 e. The van der Waals surface area contributed by atoms with Gasteiger partial charge < -0.3 is 5.32 Å². The van der Waals surface area contributed by atoms with E-state index in [9.17, 15) is 0 Å². The van der Waals surface area contributed by atoms with E-state index >= 15 is 0 Å². The van der Waals surface area contributed by atoms with Crippen LogP contribution in [0.25, 0.3) is 0 Å². The van der Waals surface area contributed by atoms with E-state index < -0.39 is 0 Å². The van der Waals surface area contributed by atoms with Gasteiger partial charge in [0.25, 0.3) is 0 Å². The van der Waals surface area contributed by atoms with Gasteiger partial charge in [-0.3, -0.25) is 0 Å². The van der Waals surface area contributed by atoms with E-state index in [1.165, 1.54) is 20.9 Å². The van der Waals surface area contributed by atoms with Gasteiger partial charge in [0.05, 0.1) is 0 Å². The number of rotatable bonds is 5. The Kier molecular flexibility index (Phi) is 4.35. The van der Waals surface area contributed by atoms with Crippen LogP contribution in [0.1, 0.15) is 27.8 Å². The van der Waals surface area contributed by atoms with Gasteiger partial charge in [0.1, 0.15) is 0 Å². The predicted octanol–water partition coefficient (Wildman–Crippen LogP) is 3.91. The first-order valence-electron chi connectivity index (χ1n) is 6.12. The van der Waals surface area contributed by atoms with Crippen molar-refractivity contribution in [2.24, 2.45) is 0 Å². The molecule has 17 heavy (non-hydrogen) atoms. The minimum Gasteiger partial charge on any atom is -0.308 e. The minimum absolute atomic E-state index is 0.945. The second-order valence-corrected chi connectivity index (χ2v) is 5.57. The largest absolute Gasteiger partial charge is 0.308 e. The Balaban J connectivity index is 1.83. The molecule has 0 fully saturated rings. The van der Waals surface area contributed by atoms with Gasteiger partial charge in [0.15, 0.2) is 0 Å². The Labute approximate surface area is 108 Å². The van der Waals surface area contributed by atoms with Gasteiger partial charge in [-0.15, -0.1) is 11.3 Å². The monoisotopic (exact) mass is 245 g/mol. The molecule has 2 heteroatoms. The zero-order valence-electron chi connectivity index (χ0n) is 10.5. The summed E-state index contributed by atoms with van der Waals surface area (Å²) in [7, 11) is 0. The Morgan fingerprint density at radius 3 is 2.59 bits per heavy atom. The van der Waals surface area contributed by atoms with Crippen LogP contribution in [0.2, 0.25) is 0 Å². The van der Waals surface area contributed by atoms with Crippen LogP contribution in [0.3, 0.4) is 0 Å². The van der Waals surface area contributed by atoms with E-state index in [2.05, 4.69) is 55.6 Å². The molecule has 1 N–H and O–H groups in total. The van der Waals surface area contributed by atoms with Gasteiger partial charge in [-0.25, -0.2) is 0 Å². The molecule has 0 bridgehead atoms. The van der Waals surface area contributed by atoms with E-state index in [-0.39, 0.29) is 0 Å². The molecular formula is C15H19NS. The van der Waals surface area contributed by atoms with E-state index in [0.29, 0.717) is 0 Å². The molecule has 0 radical (unpaired) electrons. The molecule has 0 aliphatic heterocycles. The van der Waals surface area contributed by atoms with E-state index in [1.807, 2.05) is 11.3 Å². The van der Waals surface area contributed by atoms with Crippen molar-refractivity contribution >= 4 is 11.3 Å². The standard InChI is InChI=1S/C15H19NS/c1-3-14-7-8-15(17-14)11-16-10-13-6-4-5-12(2)9-13/h4-9,16H,3,10-11H2,1-2H3. The van der Waals surface area contributed by atoms with Gasteiger partial charge in [-0.2, -0.15) is 0 Å². The molecule has 0 amide bonds. The molecule has 1 heterocycles. The summed E-state index contributed by atoms with van der Waals surface area (Å²) in [5.74, 6) is 0. The number of aryl methyl sites for hydroxylation is 2. The quantitative estimate of drug-likeness (QED) is 0.842. The summed E-state index contributed by atoms with van der Waals surface area (Å²) in [6.45, 7) is 6.26. The van der Waals surface area contributed by atoms with E-state index in [0.717, 1.165) is 19.5 Å². The number of benzene rings is 1. The summed E-state index contributed by atoms with van der Waals surface area (Å²) in [4.78, 5) is 2.90. The fourth-order valence-corrected chi connectivity index (χ4v) is 2.79. The molecule has 0 aliphatic carbocycles. The van der Waals surface area contributed by atoms with Crippen LogP contribution in [0.4, 0.5) is 0 Å². The first-order valence-corrected chi connectivity index (χ1v) is 6.93. The highest BCUT2D eigenvalue weighted by atomic mass is 32.1. The maximum atomic E-state index is 3.49. The maximum absolute atomic E-state index is 3.49. The molecule has 0 saturated heterocycles. The van der Waals surface area contributed by atoms with Crippen LogP contribution < -0.4 is 5.32 Å². The van der Waals surface area contributed by atoms with Crippen molar-refractivity contribution in [3.05, 3.63) is 57.3 Å². The van der Waals surface area contributed by atoms with Gasteiger partial charge in [0, 0.05) is 22.8 Å².